The zero-order valence-electron chi connectivity index (χ0n) is 14.4. The van der Waals surface area contributed by atoms with Gasteiger partial charge in [-0.1, -0.05) is 6.08 Å². The van der Waals surface area contributed by atoms with E-state index in [1.165, 1.54) is 7.11 Å². The van der Waals surface area contributed by atoms with Crippen molar-refractivity contribution in [2.24, 2.45) is 5.92 Å². The molecular weight excluding hydrogens is 308 g/mol. The quantitative estimate of drug-likeness (QED) is 0.640. The van der Waals surface area contributed by atoms with Gasteiger partial charge in [-0.2, -0.15) is 0 Å². The maximum absolute atomic E-state index is 11.9. The normalized spacial score (nSPS) is 20.5. The van der Waals surface area contributed by atoms with E-state index in [2.05, 4.69) is 15.0 Å². The molecule has 128 valence electrons. The molecule has 1 atom stereocenters. The number of hydrogen-bond acceptors (Lipinski definition) is 4. The van der Waals surface area contributed by atoms with Crippen molar-refractivity contribution in [2.45, 2.75) is 33.6 Å². The zero-order valence-corrected chi connectivity index (χ0v) is 14.4. The van der Waals surface area contributed by atoms with Crippen LogP contribution in [0.25, 0.3) is 6.08 Å². The van der Waals surface area contributed by atoms with Gasteiger partial charge >= 0.3 is 5.97 Å². The van der Waals surface area contributed by atoms with Crippen LogP contribution in [0.3, 0.4) is 0 Å². The highest BCUT2D eigenvalue weighted by atomic mass is 16.5. The Morgan fingerprint density at radius 1 is 1.33 bits per heavy atom. The van der Waals surface area contributed by atoms with Crippen LogP contribution in [0.2, 0.25) is 0 Å². The van der Waals surface area contributed by atoms with E-state index < -0.39 is 0 Å². The molecule has 6 heteroatoms. The number of rotatable bonds is 5. The van der Waals surface area contributed by atoms with Crippen molar-refractivity contribution in [3.8, 4) is 0 Å². The number of methoxy groups -OCH3 is 1. The average molecular weight is 330 g/mol. The van der Waals surface area contributed by atoms with E-state index in [1.54, 1.807) is 0 Å². The standard InChI is InChI=1S/C18H22N2O4/c1-5-12-11(3)18(23)20-15(12)8-14-10(2)13(16(9-21)19-14)6-7-17(22)24-4/h5,8-9,11,19H,6-7H2,1-4H3,(H,20,23)/b12-5+,15-8-/t11-/m1/s1. The first kappa shape index (κ1) is 17.7. The third kappa shape index (κ3) is 3.32. The van der Waals surface area contributed by atoms with Crippen LogP contribution in [0.15, 0.2) is 17.3 Å². The lowest BCUT2D eigenvalue weighted by atomic mass is 10.0. The first-order valence-electron chi connectivity index (χ1n) is 7.85. The SMILES string of the molecule is C/C=C1/C(=C/c2[nH]c(C=O)c(CCC(=O)OC)c2C)NC(=O)[C@@H]1C. The smallest absolute Gasteiger partial charge is 0.305 e. The summed E-state index contributed by atoms with van der Waals surface area (Å²) in [5.41, 5.74) is 4.54. The lowest BCUT2D eigenvalue weighted by Crippen LogP contribution is -2.16. The summed E-state index contributed by atoms with van der Waals surface area (Å²) in [4.78, 5) is 37.6. The highest BCUT2D eigenvalue weighted by Crippen LogP contribution is 2.29. The molecule has 1 aliphatic heterocycles. The van der Waals surface area contributed by atoms with E-state index in [9.17, 15) is 14.4 Å². The van der Waals surface area contributed by atoms with Crippen molar-refractivity contribution >= 4 is 24.2 Å². The topological polar surface area (TPSA) is 88.3 Å². The number of aromatic amines is 1. The van der Waals surface area contributed by atoms with E-state index in [1.807, 2.05) is 32.9 Å². The van der Waals surface area contributed by atoms with Gasteiger partial charge in [0.05, 0.1) is 18.7 Å². The number of aromatic nitrogens is 1. The Morgan fingerprint density at radius 3 is 2.62 bits per heavy atom. The van der Waals surface area contributed by atoms with Crippen LogP contribution in [0.1, 0.15) is 47.6 Å². The van der Waals surface area contributed by atoms with Crippen LogP contribution in [0, 0.1) is 12.8 Å². The third-order valence-electron chi connectivity index (χ3n) is 4.40. The van der Waals surface area contributed by atoms with Crippen LogP contribution in [0.5, 0.6) is 0 Å². The molecule has 1 fully saturated rings. The zero-order chi connectivity index (χ0) is 17.9. The number of esters is 1. The van der Waals surface area contributed by atoms with E-state index in [4.69, 9.17) is 0 Å². The van der Waals surface area contributed by atoms with Crippen LogP contribution >= 0.6 is 0 Å². The van der Waals surface area contributed by atoms with Gasteiger partial charge in [0.2, 0.25) is 5.91 Å². The molecule has 1 amide bonds. The molecule has 0 saturated carbocycles. The van der Waals surface area contributed by atoms with Crippen molar-refractivity contribution in [1.29, 1.82) is 0 Å². The van der Waals surface area contributed by atoms with E-state index >= 15 is 0 Å². The fourth-order valence-electron chi connectivity index (χ4n) is 2.93. The van der Waals surface area contributed by atoms with Gasteiger partial charge < -0.3 is 15.0 Å². The molecule has 0 spiro atoms. The predicted octanol–water partition coefficient (Wildman–Crippen LogP) is 2.29. The first-order chi connectivity index (χ1) is 11.4. The Balaban J connectivity index is 2.37. The molecule has 24 heavy (non-hydrogen) atoms. The number of allylic oxidation sites excluding steroid dienone is 2. The van der Waals surface area contributed by atoms with Gasteiger partial charge in [-0.15, -0.1) is 0 Å². The van der Waals surface area contributed by atoms with Crippen LogP contribution in [-0.4, -0.2) is 30.3 Å². The minimum atomic E-state index is -0.319. The molecule has 1 aromatic rings. The van der Waals surface area contributed by atoms with Crippen molar-refractivity contribution < 1.29 is 19.1 Å². The molecule has 2 rings (SSSR count). The minimum absolute atomic E-state index is 0.0416. The maximum Gasteiger partial charge on any atom is 0.305 e. The highest BCUT2D eigenvalue weighted by Gasteiger charge is 2.29. The molecule has 1 aromatic heterocycles. The second-order valence-electron chi connectivity index (χ2n) is 5.76. The second kappa shape index (κ2) is 7.29. The summed E-state index contributed by atoms with van der Waals surface area (Å²) in [6, 6.07) is 0. The van der Waals surface area contributed by atoms with Crippen molar-refractivity contribution in [3.63, 3.8) is 0 Å². The molecule has 1 saturated heterocycles. The Morgan fingerprint density at radius 2 is 2.04 bits per heavy atom. The Bertz CT molecular complexity index is 740. The summed E-state index contributed by atoms with van der Waals surface area (Å²) in [6.45, 7) is 5.63. The molecule has 0 unspecified atom stereocenters. The lowest BCUT2D eigenvalue weighted by molar-refractivity contribution is -0.140. The number of hydrogen-bond donors (Lipinski definition) is 2. The number of nitrogens with one attached hydrogen (secondary N) is 2. The molecule has 6 nitrogen and oxygen atoms in total. The van der Waals surface area contributed by atoms with Crippen LogP contribution in [0.4, 0.5) is 0 Å². The number of carbonyl (C=O) groups excluding carboxylic acids is 3. The summed E-state index contributed by atoms with van der Waals surface area (Å²) in [7, 11) is 1.34. The van der Waals surface area contributed by atoms with E-state index in [0.717, 1.165) is 34.4 Å². The fourth-order valence-corrected chi connectivity index (χ4v) is 2.93. The van der Waals surface area contributed by atoms with Crippen molar-refractivity contribution in [1.82, 2.24) is 10.3 Å². The summed E-state index contributed by atoms with van der Waals surface area (Å²) in [5.74, 6) is -0.554. The van der Waals surface area contributed by atoms with Gasteiger partial charge in [0.1, 0.15) is 0 Å². The van der Waals surface area contributed by atoms with Crippen LogP contribution < -0.4 is 5.32 Å². The van der Waals surface area contributed by atoms with Gasteiger partial charge in [-0.25, -0.2) is 0 Å². The van der Waals surface area contributed by atoms with Crippen molar-refractivity contribution in [3.05, 3.63) is 39.9 Å². The third-order valence-corrected chi connectivity index (χ3v) is 4.40. The Kier molecular flexibility index (Phi) is 5.39. The number of ether oxygens (including phenoxy) is 1. The van der Waals surface area contributed by atoms with Gasteiger partial charge in [0, 0.05) is 17.8 Å². The highest BCUT2D eigenvalue weighted by molar-refractivity contribution is 5.91. The van der Waals surface area contributed by atoms with Gasteiger partial charge in [0.25, 0.3) is 0 Å². The summed E-state index contributed by atoms with van der Waals surface area (Å²) in [6.07, 6.45) is 5.12. The summed E-state index contributed by atoms with van der Waals surface area (Å²) >= 11 is 0. The number of amides is 1. The van der Waals surface area contributed by atoms with Gasteiger partial charge in [-0.05, 0) is 50.0 Å². The number of carbonyl (C=O) groups is 3. The van der Waals surface area contributed by atoms with Gasteiger partial charge in [-0.3, -0.25) is 14.4 Å². The molecule has 2 N–H and O–H groups in total. The fraction of sp³-hybridized carbons (Fsp3) is 0.389. The second-order valence-corrected chi connectivity index (χ2v) is 5.76. The monoisotopic (exact) mass is 330 g/mol. The lowest BCUT2D eigenvalue weighted by Gasteiger charge is -2.03. The van der Waals surface area contributed by atoms with Crippen molar-refractivity contribution in [2.75, 3.05) is 7.11 Å². The summed E-state index contributed by atoms with van der Waals surface area (Å²) < 4.78 is 4.65. The molecule has 0 aliphatic carbocycles. The predicted molar refractivity (Wildman–Crippen MR) is 90.3 cm³/mol. The summed E-state index contributed by atoms with van der Waals surface area (Å²) in [5, 5.41) is 2.86. The molecule has 0 radical (unpaired) electrons. The molecule has 2 heterocycles. The maximum atomic E-state index is 11.9. The average Bonchev–Trinajstić information content (AvgIpc) is 3.02. The number of H-pyrrole nitrogens is 1. The molecule has 0 bridgehead atoms. The number of aldehydes is 1. The molecular formula is C18H22N2O4. The van der Waals surface area contributed by atoms with Gasteiger partial charge in [0.15, 0.2) is 6.29 Å². The largest absolute Gasteiger partial charge is 0.469 e. The minimum Gasteiger partial charge on any atom is -0.469 e. The Hall–Kier alpha value is -2.63. The van der Waals surface area contributed by atoms with E-state index in [-0.39, 0.29) is 24.2 Å². The van der Waals surface area contributed by atoms with Crippen LogP contribution in [-0.2, 0) is 20.7 Å². The van der Waals surface area contributed by atoms with E-state index in [0.29, 0.717) is 12.1 Å². The first-order valence-corrected chi connectivity index (χ1v) is 7.85. The Labute approximate surface area is 141 Å². The molecule has 1 aliphatic rings. The molecule has 0 aromatic carbocycles.